The molecule has 4 rings (SSSR count). The third-order valence-electron chi connectivity index (χ3n) is 5.94. The van der Waals surface area contributed by atoms with Gasteiger partial charge in [0, 0.05) is 35.1 Å². The molecule has 0 radical (unpaired) electrons. The average molecular weight is 409 g/mol. The zero-order chi connectivity index (χ0) is 20.4. The van der Waals surface area contributed by atoms with Gasteiger partial charge in [0.15, 0.2) is 0 Å². The summed E-state index contributed by atoms with van der Waals surface area (Å²) in [5.41, 5.74) is 7.49. The highest BCUT2D eigenvalue weighted by molar-refractivity contribution is 6.30. The van der Waals surface area contributed by atoms with Crippen LogP contribution >= 0.6 is 11.6 Å². The van der Waals surface area contributed by atoms with Crippen molar-refractivity contribution in [3.63, 3.8) is 0 Å². The molecule has 3 aromatic rings. The third-order valence-corrected chi connectivity index (χ3v) is 6.19. The molecule has 1 aliphatic rings. The monoisotopic (exact) mass is 408 g/mol. The molecule has 2 aromatic heterocycles. The smallest absolute Gasteiger partial charge is 0.0581 e. The first-order valence-electron chi connectivity index (χ1n) is 10.5. The Morgan fingerprint density at radius 1 is 1.10 bits per heavy atom. The van der Waals surface area contributed by atoms with Crippen LogP contribution in [0, 0.1) is 13.8 Å². The highest BCUT2D eigenvalue weighted by Crippen LogP contribution is 2.33. The van der Waals surface area contributed by atoms with Crippen molar-refractivity contribution in [1.82, 2.24) is 19.7 Å². The molecular formula is C24H29ClN4. The molecule has 0 bridgehead atoms. The van der Waals surface area contributed by atoms with E-state index in [9.17, 15) is 0 Å². The van der Waals surface area contributed by atoms with Crippen molar-refractivity contribution in [2.75, 3.05) is 6.54 Å². The quantitative estimate of drug-likeness (QED) is 0.540. The maximum absolute atomic E-state index is 6.03. The number of aromatic nitrogens is 3. The molecule has 1 saturated heterocycles. The Morgan fingerprint density at radius 2 is 1.90 bits per heavy atom. The third kappa shape index (κ3) is 4.54. The Labute approximate surface area is 178 Å². The lowest BCUT2D eigenvalue weighted by atomic mass is 10.0. The van der Waals surface area contributed by atoms with Crippen LogP contribution in [0.1, 0.15) is 59.6 Å². The van der Waals surface area contributed by atoms with E-state index in [1.807, 2.05) is 18.3 Å². The Hall–Kier alpha value is -2.17. The highest BCUT2D eigenvalue weighted by Gasteiger charge is 2.28. The molecule has 1 aliphatic heterocycles. The normalized spacial score (nSPS) is 17.2. The maximum Gasteiger partial charge on any atom is 0.0581 e. The van der Waals surface area contributed by atoms with Crippen molar-refractivity contribution < 1.29 is 0 Å². The van der Waals surface area contributed by atoms with Crippen LogP contribution in [0.3, 0.4) is 0 Å². The second kappa shape index (κ2) is 8.68. The summed E-state index contributed by atoms with van der Waals surface area (Å²) in [4.78, 5) is 7.49. The second-order valence-electron chi connectivity index (χ2n) is 8.04. The van der Waals surface area contributed by atoms with E-state index in [-0.39, 0.29) is 0 Å². The fourth-order valence-electron chi connectivity index (χ4n) is 4.41. The SMILES string of the molecule is CCn1ncc(CN2CCC[C@H]2c2cc(Cc3ccc(Cl)cc3)cc(C)n2)c1C. The molecular weight excluding hydrogens is 380 g/mol. The summed E-state index contributed by atoms with van der Waals surface area (Å²) in [6.07, 6.45) is 5.32. The van der Waals surface area contributed by atoms with E-state index < -0.39 is 0 Å². The van der Waals surface area contributed by atoms with Crippen molar-refractivity contribution in [2.45, 2.75) is 59.2 Å². The van der Waals surface area contributed by atoms with Crippen molar-refractivity contribution in [3.05, 3.63) is 81.4 Å². The first kappa shape index (κ1) is 20.1. The van der Waals surface area contributed by atoms with E-state index in [2.05, 4.69) is 59.7 Å². The van der Waals surface area contributed by atoms with Gasteiger partial charge < -0.3 is 0 Å². The lowest BCUT2D eigenvalue weighted by molar-refractivity contribution is 0.243. The van der Waals surface area contributed by atoms with Gasteiger partial charge in [-0.3, -0.25) is 14.6 Å². The number of benzene rings is 1. The topological polar surface area (TPSA) is 34.0 Å². The van der Waals surface area contributed by atoms with Gasteiger partial charge >= 0.3 is 0 Å². The summed E-state index contributed by atoms with van der Waals surface area (Å²) >= 11 is 6.03. The van der Waals surface area contributed by atoms with E-state index in [0.29, 0.717) is 6.04 Å². The van der Waals surface area contributed by atoms with Gasteiger partial charge in [-0.25, -0.2) is 0 Å². The van der Waals surface area contributed by atoms with Gasteiger partial charge in [-0.1, -0.05) is 23.7 Å². The fraction of sp³-hybridized carbons (Fsp3) is 0.417. The molecule has 0 amide bonds. The first-order chi connectivity index (χ1) is 14.0. The molecule has 0 unspecified atom stereocenters. The van der Waals surface area contributed by atoms with E-state index in [1.165, 1.54) is 34.5 Å². The Bertz CT molecular complexity index is 977. The molecule has 152 valence electrons. The van der Waals surface area contributed by atoms with Gasteiger partial charge in [0.25, 0.3) is 0 Å². The molecule has 0 aliphatic carbocycles. The summed E-state index contributed by atoms with van der Waals surface area (Å²) in [6.45, 7) is 9.39. The molecule has 4 nitrogen and oxygen atoms in total. The van der Waals surface area contributed by atoms with Crippen LogP contribution in [0.5, 0.6) is 0 Å². The Balaban J connectivity index is 1.55. The summed E-state index contributed by atoms with van der Waals surface area (Å²) in [6, 6.07) is 13.0. The van der Waals surface area contributed by atoms with Gasteiger partial charge in [0.1, 0.15) is 0 Å². The number of nitrogens with zero attached hydrogens (tertiary/aromatic N) is 4. The predicted molar refractivity (Wildman–Crippen MR) is 118 cm³/mol. The van der Waals surface area contributed by atoms with Crippen molar-refractivity contribution >= 4 is 11.6 Å². The standard InChI is InChI=1S/C24H29ClN4/c1-4-29-18(3)21(15-26-29)16-28-11-5-6-24(28)23-14-20(12-17(2)27-23)13-19-7-9-22(25)10-8-19/h7-10,12,14-15,24H,4-6,11,13,16H2,1-3H3/t24-/m0/s1. The van der Waals surface area contributed by atoms with Gasteiger partial charge in [-0.2, -0.15) is 5.10 Å². The Kier molecular flexibility index (Phi) is 6.02. The van der Waals surface area contributed by atoms with Crippen LogP contribution in [0.15, 0.2) is 42.6 Å². The van der Waals surface area contributed by atoms with Gasteiger partial charge in [0.2, 0.25) is 0 Å². The minimum atomic E-state index is 0.378. The number of aryl methyl sites for hydroxylation is 2. The number of hydrogen-bond acceptors (Lipinski definition) is 3. The van der Waals surface area contributed by atoms with Gasteiger partial charge in [0.05, 0.1) is 17.9 Å². The van der Waals surface area contributed by atoms with E-state index in [4.69, 9.17) is 16.6 Å². The number of halogens is 1. The summed E-state index contributed by atoms with van der Waals surface area (Å²) in [5.74, 6) is 0. The van der Waals surface area contributed by atoms with Crippen molar-refractivity contribution in [3.8, 4) is 0 Å². The van der Waals surface area contributed by atoms with E-state index in [1.54, 1.807) is 0 Å². The summed E-state index contributed by atoms with van der Waals surface area (Å²) in [7, 11) is 0. The summed E-state index contributed by atoms with van der Waals surface area (Å²) < 4.78 is 2.08. The van der Waals surface area contributed by atoms with Crippen LogP contribution in [-0.4, -0.2) is 26.2 Å². The number of rotatable bonds is 6. The van der Waals surface area contributed by atoms with E-state index >= 15 is 0 Å². The van der Waals surface area contributed by atoms with Gasteiger partial charge in [-0.15, -0.1) is 0 Å². The predicted octanol–water partition coefficient (Wildman–Crippen LogP) is 5.50. The molecule has 3 heterocycles. The summed E-state index contributed by atoms with van der Waals surface area (Å²) in [5, 5.41) is 5.30. The van der Waals surface area contributed by atoms with Gasteiger partial charge in [-0.05, 0) is 82.0 Å². The second-order valence-corrected chi connectivity index (χ2v) is 8.48. The lowest BCUT2D eigenvalue weighted by Crippen LogP contribution is -2.24. The first-order valence-corrected chi connectivity index (χ1v) is 10.9. The molecule has 5 heteroatoms. The average Bonchev–Trinajstić information content (AvgIpc) is 3.30. The Morgan fingerprint density at radius 3 is 2.62 bits per heavy atom. The number of pyridine rings is 1. The molecule has 1 aromatic carbocycles. The van der Waals surface area contributed by atoms with Crippen LogP contribution in [-0.2, 0) is 19.5 Å². The zero-order valence-electron chi connectivity index (χ0n) is 17.5. The van der Waals surface area contributed by atoms with Crippen molar-refractivity contribution in [2.24, 2.45) is 0 Å². The van der Waals surface area contributed by atoms with Crippen LogP contribution in [0.4, 0.5) is 0 Å². The van der Waals surface area contributed by atoms with E-state index in [0.717, 1.165) is 43.2 Å². The maximum atomic E-state index is 6.03. The molecule has 1 fully saturated rings. The number of hydrogen-bond donors (Lipinski definition) is 0. The molecule has 0 N–H and O–H groups in total. The zero-order valence-corrected chi connectivity index (χ0v) is 18.3. The van der Waals surface area contributed by atoms with Crippen LogP contribution in [0.25, 0.3) is 0 Å². The minimum Gasteiger partial charge on any atom is -0.290 e. The molecule has 29 heavy (non-hydrogen) atoms. The molecule has 0 spiro atoms. The largest absolute Gasteiger partial charge is 0.290 e. The highest BCUT2D eigenvalue weighted by atomic mass is 35.5. The van der Waals surface area contributed by atoms with Crippen LogP contribution < -0.4 is 0 Å². The molecule has 0 saturated carbocycles. The number of likely N-dealkylation sites (tertiary alicyclic amines) is 1. The minimum absolute atomic E-state index is 0.378. The fourth-order valence-corrected chi connectivity index (χ4v) is 4.53. The van der Waals surface area contributed by atoms with Crippen LogP contribution in [0.2, 0.25) is 5.02 Å². The lowest BCUT2D eigenvalue weighted by Gasteiger charge is -2.24. The van der Waals surface area contributed by atoms with Crippen molar-refractivity contribution in [1.29, 1.82) is 0 Å². The molecule has 1 atom stereocenters.